The van der Waals surface area contributed by atoms with E-state index >= 15 is 0 Å². The summed E-state index contributed by atoms with van der Waals surface area (Å²) < 4.78 is 6.71. The summed E-state index contributed by atoms with van der Waals surface area (Å²) >= 11 is 1.81. The SMILES string of the molecule is COCC(=O)Nc1c2c(nn1-c1cccc(C)c1)CSC2. The monoisotopic (exact) mass is 303 g/mol. The number of carbonyl (C=O) groups excluding carboxylic acids is 1. The molecule has 5 nitrogen and oxygen atoms in total. The third-order valence-electron chi connectivity index (χ3n) is 3.33. The molecule has 110 valence electrons. The third-order valence-corrected chi connectivity index (χ3v) is 4.30. The smallest absolute Gasteiger partial charge is 0.251 e. The standard InChI is InChI=1S/C15H17N3O2S/c1-10-4-3-5-11(6-10)18-15(16-14(19)7-20-2)12-8-21-9-13(12)17-18/h3-6H,7-9H2,1-2H3,(H,16,19). The van der Waals surface area contributed by atoms with Gasteiger partial charge in [-0.25, -0.2) is 4.68 Å². The molecule has 0 fully saturated rings. The van der Waals surface area contributed by atoms with Crippen molar-refractivity contribution in [3.63, 3.8) is 0 Å². The van der Waals surface area contributed by atoms with E-state index in [1.54, 1.807) is 0 Å². The lowest BCUT2D eigenvalue weighted by Gasteiger charge is -2.11. The molecule has 2 aromatic rings. The first-order chi connectivity index (χ1) is 10.2. The number of carbonyl (C=O) groups is 1. The fourth-order valence-electron chi connectivity index (χ4n) is 2.39. The van der Waals surface area contributed by atoms with Crippen LogP contribution in [0.1, 0.15) is 16.8 Å². The largest absolute Gasteiger partial charge is 0.375 e. The molecule has 0 radical (unpaired) electrons. The molecule has 1 aliphatic rings. The molecule has 0 atom stereocenters. The van der Waals surface area contributed by atoms with Crippen LogP contribution in [-0.4, -0.2) is 29.4 Å². The molecule has 21 heavy (non-hydrogen) atoms. The summed E-state index contributed by atoms with van der Waals surface area (Å²) in [5.74, 6) is 2.37. The maximum absolute atomic E-state index is 11.9. The minimum atomic E-state index is -0.161. The normalized spacial score (nSPS) is 13.2. The Hall–Kier alpha value is -1.79. The van der Waals surface area contributed by atoms with Crippen molar-refractivity contribution in [1.82, 2.24) is 9.78 Å². The van der Waals surface area contributed by atoms with Crippen LogP contribution < -0.4 is 5.32 Å². The van der Waals surface area contributed by atoms with E-state index in [-0.39, 0.29) is 12.5 Å². The van der Waals surface area contributed by atoms with Crippen molar-refractivity contribution in [2.75, 3.05) is 19.0 Å². The summed E-state index contributed by atoms with van der Waals surface area (Å²) in [6, 6.07) is 8.09. The Balaban J connectivity index is 2.02. The molecule has 0 saturated heterocycles. The van der Waals surface area contributed by atoms with Gasteiger partial charge in [0, 0.05) is 24.2 Å². The van der Waals surface area contributed by atoms with Crippen LogP contribution in [-0.2, 0) is 21.0 Å². The van der Waals surface area contributed by atoms with Gasteiger partial charge in [-0.05, 0) is 24.6 Å². The number of amides is 1. The Bertz CT molecular complexity index is 682. The van der Waals surface area contributed by atoms with Crippen LogP contribution in [0.15, 0.2) is 24.3 Å². The number of nitrogens with one attached hydrogen (secondary N) is 1. The maximum atomic E-state index is 11.9. The van der Waals surface area contributed by atoms with Crippen LogP contribution in [0.4, 0.5) is 5.82 Å². The second-order valence-electron chi connectivity index (χ2n) is 5.00. The lowest BCUT2D eigenvalue weighted by Crippen LogP contribution is -2.20. The Morgan fingerprint density at radius 1 is 1.48 bits per heavy atom. The lowest BCUT2D eigenvalue weighted by molar-refractivity contribution is -0.119. The summed E-state index contributed by atoms with van der Waals surface area (Å²) in [4.78, 5) is 11.9. The Labute approximate surface area is 127 Å². The number of methoxy groups -OCH3 is 1. The molecule has 0 saturated carbocycles. The Kier molecular flexibility index (Phi) is 3.98. The number of fused-ring (bicyclic) bond motifs is 1. The van der Waals surface area contributed by atoms with Gasteiger partial charge in [-0.2, -0.15) is 16.9 Å². The molecule has 1 N–H and O–H groups in total. The van der Waals surface area contributed by atoms with E-state index in [0.29, 0.717) is 0 Å². The second-order valence-corrected chi connectivity index (χ2v) is 5.98. The van der Waals surface area contributed by atoms with Crippen molar-refractivity contribution in [2.45, 2.75) is 18.4 Å². The van der Waals surface area contributed by atoms with Crippen LogP contribution in [0.5, 0.6) is 0 Å². The van der Waals surface area contributed by atoms with E-state index in [4.69, 9.17) is 4.74 Å². The average Bonchev–Trinajstić information content (AvgIpc) is 3.02. The van der Waals surface area contributed by atoms with Gasteiger partial charge in [0.15, 0.2) is 0 Å². The van der Waals surface area contributed by atoms with Crippen LogP contribution in [0.3, 0.4) is 0 Å². The molecule has 3 rings (SSSR count). The Morgan fingerprint density at radius 2 is 2.33 bits per heavy atom. The van der Waals surface area contributed by atoms with Crippen molar-refractivity contribution in [3.8, 4) is 5.69 Å². The molecule has 0 unspecified atom stereocenters. The summed E-state index contributed by atoms with van der Waals surface area (Å²) in [6.45, 7) is 2.08. The number of aryl methyl sites for hydroxylation is 1. The zero-order chi connectivity index (χ0) is 14.8. The number of benzene rings is 1. The molecule has 1 amide bonds. The van der Waals surface area contributed by atoms with Crippen molar-refractivity contribution in [2.24, 2.45) is 0 Å². The highest BCUT2D eigenvalue weighted by Gasteiger charge is 2.24. The van der Waals surface area contributed by atoms with Gasteiger partial charge in [0.1, 0.15) is 12.4 Å². The zero-order valence-corrected chi connectivity index (χ0v) is 12.9. The summed E-state index contributed by atoms with van der Waals surface area (Å²) in [7, 11) is 1.51. The van der Waals surface area contributed by atoms with Crippen LogP contribution >= 0.6 is 11.8 Å². The van der Waals surface area contributed by atoms with Gasteiger partial charge in [-0.1, -0.05) is 12.1 Å². The molecule has 0 bridgehead atoms. The number of hydrogen-bond acceptors (Lipinski definition) is 4. The summed E-state index contributed by atoms with van der Waals surface area (Å²) in [6.07, 6.45) is 0. The molecule has 2 heterocycles. The predicted octanol–water partition coefficient (Wildman–Crippen LogP) is 2.51. The molecule has 0 aliphatic carbocycles. The third kappa shape index (κ3) is 2.82. The van der Waals surface area contributed by atoms with Gasteiger partial charge in [-0.15, -0.1) is 0 Å². The van der Waals surface area contributed by atoms with E-state index in [2.05, 4.69) is 16.5 Å². The number of nitrogens with zero attached hydrogens (tertiary/aromatic N) is 2. The fourth-order valence-corrected chi connectivity index (χ4v) is 3.42. The van der Waals surface area contributed by atoms with Crippen LogP contribution in [0.25, 0.3) is 5.69 Å². The minimum Gasteiger partial charge on any atom is -0.375 e. The first kappa shape index (κ1) is 14.2. The van der Waals surface area contributed by atoms with Crippen molar-refractivity contribution < 1.29 is 9.53 Å². The molecule has 1 aromatic heterocycles. The van der Waals surface area contributed by atoms with Gasteiger partial charge >= 0.3 is 0 Å². The fraction of sp³-hybridized carbons (Fsp3) is 0.333. The maximum Gasteiger partial charge on any atom is 0.251 e. The molecule has 1 aromatic carbocycles. The van der Waals surface area contributed by atoms with Gasteiger partial charge < -0.3 is 10.1 Å². The molecular weight excluding hydrogens is 286 g/mol. The first-order valence-electron chi connectivity index (χ1n) is 6.73. The number of anilines is 1. The van der Waals surface area contributed by atoms with Crippen molar-refractivity contribution >= 4 is 23.5 Å². The second kappa shape index (κ2) is 5.91. The van der Waals surface area contributed by atoms with E-state index < -0.39 is 0 Å². The molecule has 6 heteroatoms. The number of thioether (sulfide) groups is 1. The minimum absolute atomic E-state index is 0.0426. The highest BCUT2D eigenvalue weighted by Crippen LogP contribution is 2.36. The van der Waals surface area contributed by atoms with E-state index in [1.807, 2.05) is 41.6 Å². The summed E-state index contributed by atoms with van der Waals surface area (Å²) in [5.41, 5.74) is 4.29. The van der Waals surface area contributed by atoms with Gasteiger partial charge in [-0.3, -0.25) is 4.79 Å². The average molecular weight is 303 g/mol. The van der Waals surface area contributed by atoms with Crippen LogP contribution in [0, 0.1) is 6.92 Å². The predicted molar refractivity (Wildman–Crippen MR) is 83.8 cm³/mol. The number of aromatic nitrogens is 2. The molecule has 1 aliphatic heterocycles. The van der Waals surface area contributed by atoms with Gasteiger partial charge in [0.05, 0.1) is 11.4 Å². The number of hydrogen-bond donors (Lipinski definition) is 1. The highest BCUT2D eigenvalue weighted by molar-refractivity contribution is 7.98. The van der Waals surface area contributed by atoms with Crippen molar-refractivity contribution in [1.29, 1.82) is 0 Å². The van der Waals surface area contributed by atoms with E-state index in [1.165, 1.54) is 7.11 Å². The molecular formula is C15H17N3O2S. The lowest BCUT2D eigenvalue weighted by atomic mass is 10.2. The van der Waals surface area contributed by atoms with Gasteiger partial charge in [0.25, 0.3) is 5.91 Å². The quantitative estimate of drug-likeness (QED) is 0.943. The zero-order valence-electron chi connectivity index (χ0n) is 12.0. The van der Waals surface area contributed by atoms with E-state index in [0.717, 1.165) is 39.8 Å². The number of rotatable bonds is 4. The summed E-state index contributed by atoms with van der Waals surface area (Å²) in [5, 5.41) is 7.59. The Morgan fingerprint density at radius 3 is 3.10 bits per heavy atom. The van der Waals surface area contributed by atoms with Gasteiger partial charge in [0.2, 0.25) is 0 Å². The van der Waals surface area contributed by atoms with Crippen LogP contribution in [0.2, 0.25) is 0 Å². The molecule has 0 spiro atoms. The highest BCUT2D eigenvalue weighted by atomic mass is 32.2. The first-order valence-corrected chi connectivity index (χ1v) is 7.89. The topological polar surface area (TPSA) is 56.1 Å². The number of ether oxygens (including phenoxy) is 1. The van der Waals surface area contributed by atoms with E-state index in [9.17, 15) is 4.79 Å². The van der Waals surface area contributed by atoms with Crippen molar-refractivity contribution in [3.05, 3.63) is 41.1 Å².